The third-order valence-corrected chi connectivity index (χ3v) is 8.92. The molecule has 0 bridgehead atoms. The summed E-state index contributed by atoms with van der Waals surface area (Å²) in [6.07, 6.45) is 3.50. The van der Waals surface area contributed by atoms with Gasteiger partial charge in [0, 0.05) is 32.7 Å². The fraction of sp³-hybridized carbons (Fsp3) is 0.432. The molecule has 0 aromatic heterocycles. The second-order valence-electron chi connectivity index (χ2n) is 12.2. The molecular weight excluding hydrogens is 580 g/mol. The van der Waals surface area contributed by atoms with Gasteiger partial charge in [-0.2, -0.15) is 0 Å². The van der Waals surface area contributed by atoms with E-state index in [0.29, 0.717) is 51.8 Å². The number of piperidine rings is 1. The summed E-state index contributed by atoms with van der Waals surface area (Å²) in [5.41, 5.74) is 2.46. The molecule has 46 heavy (non-hydrogen) atoms. The number of piperazine rings is 1. The third kappa shape index (κ3) is 8.66. The number of alkyl carbamates (subject to hydrolysis) is 1. The Kier molecular flexibility index (Phi) is 11.7. The zero-order valence-electron chi connectivity index (χ0n) is 26.8. The van der Waals surface area contributed by atoms with E-state index >= 15 is 0 Å². The number of nitrogens with zero attached hydrogens (tertiary/aromatic N) is 2. The average molecular weight is 627 g/mol. The predicted octanol–water partition coefficient (Wildman–Crippen LogP) is 5.43. The monoisotopic (exact) mass is 626 g/mol. The zero-order valence-corrected chi connectivity index (χ0v) is 26.8. The van der Waals surface area contributed by atoms with Crippen LogP contribution in [0, 0.1) is 0 Å². The number of unbranched alkanes of at least 4 members (excludes halogenated alkanes) is 1. The number of ether oxygens (including phenoxy) is 2. The van der Waals surface area contributed by atoms with Crippen LogP contribution in [-0.4, -0.2) is 65.5 Å². The molecule has 1 spiro atoms. The van der Waals surface area contributed by atoms with Crippen LogP contribution in [0.15, 0.2) is 84.9 Å². The van der Waals surface area contributed by atoms with Crippen LogP contribution < -0.4 is 15.4 Å². The zero-order chi connectivity index (χ0) is 32.2. The van der Waals surface area contributed by atoms with Crippen LogP contribution in [0.5, 0.6) is 5.75 Å². The number of likely N-dealkylation sites (tertiary alicyclic amines) is 1. The number of benzene rings is 3. The van der Waals surface area contributed by atoms with Gasteiger partial charge in [0.15, 0.2) is 0 Å². The lowest BCUT2D eigenvalue weighted by Crippen LogP contribution is -2.72. The topological polar surface area (TPSA) is 100 Å². The Morgan fingerprint density at radius 1 is 0.870 bits per heavy atom. The van der Waals surface area contributed by atoms with E-state index in [4.69, 9.17) is 9.47 Å². The van der Waals surface area contributed by atoms with E-state index in [9.17, 15) is 14.4 Å². The van der Waals surface area contributed by atoms with Crippen LogP contribution in [0.3, 0.4) is 0 Å². The molecule has 0 aliphatic carbocycles. The summed E-state index contributed by atoms with van der Waals surface area (Å²) in [4.78, 5) is 43.5. The van der Waals surface area contributed by atoms with Crippen molar-refractivity contribution in [3.05, 3.63) is 102 Å². The normalized spacial score (nSPS) is 17.8. The molecule has 244 valence electrons. The molecule has 0 radical (unpaired) electrons. The lowest BCUT2D eigenvalue weighted by atomic mass is 9.81. The summed E-state index contributed by atoms with van der Waals surface area (Å²) in [6.45, 7) is 6.09. The van der Waals surface area contributed by atoms with Gasteiger partial charge in [-0.05, 0) is 67.3 Å². The van der Waals surface area contributed by atoms with Gasteiger partial charge in [-0.3, -0.25) is 14.5 Å². The van der Waals surface area contributed by atoms with Gasteiger partial charge in [0.1, 0.15) is 30.5 Å². The first-order valence-electron chi connectivity index (χ1n) is 16.5. The molecule has 2 saturated heterocycles. The van der Waals surface area contributed by atoms with Crippen LogP contribution in [0.1, 0.15) is 62.1 Å². The lowest BCUT2D eigenvalue weighted by molar-refractivity contribution is -0.161. The first-order valence-corrected chi connectivity index (χ1v) is 16.5. The molecule has 2 aliphatic heterocycles. The standard InChI is InChI=1S/C37H46N4O5/c1-2-23-41-34(42)33(15-9-10-22-38-36(44)46-28-31-13-7-4-8-14-31)39-35(43)37(41)20-24-40(25-21-37)26-29-16-18-32(19-17-29)45-27-30-11-5-3-6-12-30/h3-8,11-14,16-19,33H,2,9-10,15,20-28H2,1H3,(H,38,44)(H,39,43)/t33-/m0/s1. The van der Waals surface area contributed by atoms with Gasteiger partial charge in [0.05, 0.1) is 0 Å². The van der Waals surface area contributed by atoms with E-state index in [0.717, 1.165) is 42.9 Å². The van der Waals surface area contributed by atoms with Crippen molar-refractivity contribution in [3.63, 3.8) is 0 Å². The highest BCUT2D eigenvalue weighted by Gasteiger charge is 2.53. The fourth-order valence-electron chi connectivity index (χ4n) is 6.33. The summed E-state index contributed by atoms with van der Waals surface area (Å²) in [5.74, 6) is 0.814. The molecule has 3 aromatic rings. The van der Waals surface area contributed by atoms with Gasteiger partial charge in [0.2, 0.25) is 11.8 Å². The number of amides is 3. The molecule has 1 atom stereocenters. The third-order valence-electron chi connectivity index (χ3n) is 8.92. The Hall–Kier alpha value is -4.37. The van der Waals surface area contributed by atoms with Crippen LogP contribution >= 0.6 is 0 Å². The van der Waals surface area contributed by atoms with Crippen molar-refractivity contribution in [2.45, 2.75) is 76.8 Å². The van der Waals surface area contributed by atoms with Gasteiger partial charge >= 0.3 is 6.09 Å². The lowest BCUT2D eigenvalue weighted by Gasteiger charge is -2.51. The van der Waals surface area contributed by atoms with E-state index in [-0.39, 0.29) is 18.4 Å². The Bertz CT molecular complexity index is 1410. The Balaban J connectivity index is 1.05. The van der Waals surface area contributed by atoms with E-state index in [1.54, 1.807) is 0 Å². The average Bonchev–Trinajstić information content (AvgIpc) is 3.09. The largest absolute Gasteiger partial charge is 0.489 e. The summed E-state index contributed by atoms with van der Waals surface area (Å²) < 4.78 is 11.2. The van der Waals surface area contributed by atoms with Crippen molar-refractivity contribution in [3.8, 4) is 5.75 Å². The molecule has 2 aliphatic rings. The van der Waals surface area contributed by atoms with Crippen molar-refractivity contribution in [1.82, 2.24) is 20.4 Å². The maximum atomic E-state index is 13.7. The highest BCUT2D eigenvalue weighted by molar-refractivity contribution is 6.00. The summed E-state index contributed by atoms with van der Waals surface area (Å²) in [5, 5.41) is 5.84. The van der Waals surface area contributed by atoms with Gasteiger partial charge in [-0.25, -0.2) is 4.79 Å². The first-order chi connectivity index (χ1) is 22.5. The smallest absolute Gasteiger partial charge is 0.407 e. The van der Waals surface area contributed by atoms with Crippen molar-refractivity contribution in [2.24, 2.45) is 0 Å². The minimum absolute atomic E-state index is 0.0104. The molecular formula is C37H46N4O5. The van der Waals surface area contributed by atoms with Crippen LogP contribution in [0.4, 0.5) is 4.79 Å². The molecule has 0 saturated carbocycles. The number of hydrogen-bond donors (Lipinski definition) is 2. The Morgan fingerprint density at radius 3 is 2.17 bits per heavy atom. The van der Waals surface area contributed by atoms with Crippen LogP contribution in [0.25, 0.3) is 0 Å². The van der Waals surface area contributed by atoms with E-state index < -0.39 is 17.7 Å². The first kappa shape index (κ1) is 33.0. The number of hydrogen-bond acceptors (Lipinski definition) is 6. The van der Waals surface area contributed by atoms with Crippen molar-refractivity contribution >= 4 is 17.9 Å². The summed E-state index contributed by atoms with van der Waals surface area (Å²) in [7, 11) is 0. The van der Waals surface area contributed by atoms with Crippen LogP contribution in [-0.2, 0) is 34.1 Å². The maximum absolute atomic E-state index is 13.7. The van der Waals surface area contributed by atoms with E-state index in [1.807, 2.05) is 72.5 Å². The maximum Gasteiger partial charge on any atom is 0.407 e. The Labute approximate surface area is 272 Å². The highest BCUT2D eigenvalue weighted by atomic mass is 16.5. The molecule has 2 fully saturated rings. The van der Waals surface area contributed by atoms with Gasteiger partial charge in [-0.15, -0.1) is 0 Å². The minimum atomic E-state index is -0.792. The molecule has 2 N–H and O–H groups in total. The number of nitrogens with one attached hydrogen (secondary N) is 2. The molecule has 5 rings (SSSR count). The van der Waals surface area contributed by atoms with E-state index in [2.05, 4.69) is 39.8 Å². The number of carbonyl (C=O) groups is 3. The van der Waals surface area contributed by atoms with Crippen molar-refractivity contribution in [1.29, 1.82) is 0 Å². The number of carbonyl (C=O) groups excluding carboxylic acids is 3. The highest BCUT2D eigenvalue weighted by Crippen LogP contribution is 2.34. The summed E-state index contributed by atoms with van der Waals surface area (Å²) >= 11 is 0. The molecule has 3 aromatic carbocycles. The van der Waals surface area contributed by atoms with Crippen LogP contribution in [0.2, 0.25) is 0 Å². The minimum Gasteiger partial charge on any atom is -0.489 e. The van der Waals surface area contributed by atoms with Gasteiger partial charge in [-0.1, -0.05) is 79.7 Å². The molecule has 9 heteroatoms. The quantitative estimate of drug-likeness (QED) is 0.232. The summed E-state index contributed by atoms with van der Waals surface area (Å²) in [6, 6.07) is 27.3. The SMILES string of the molecule is CCCN1C(=O)[C@H](CCCCNC(=O)OCc2ccccc2)NC(=O)C12CCN(Cc1ccc(OCc3ccccc3)cc1)CC2. The second-order valence-corrected chi connectivity index (χ2v) is 12.2. The molecule has 3 amide bonds. The molecule has 9 nitrogen and oxygen atoms in total. The predicted molar refractivity (Wildman–Crippen MR) is 177 cm³/mol. The molecule has 2 heterocycles. The fourth-order valence-corrected chi connectivity index (χ4v) is 6.33. The van der Waals surface area contributed by atoms with Crippen molar-refractivity contribution in [2.75, 3.05) is 26.2 Å². The van der Waals surface area contributed by atoms with Gasteiger partial charge in [0.25, 0.3) is 0 Å². The second kappa shape index (κ2) is 16.3. The van der Waals surface area contributed by atoms with Crippen molar-refractivity contribution < 1.29 is 23.9 Å². The molecule has 0 unspecified atom stereocenters. The van der Waals surface area contributed by atoms with Gasteiger partial charge < -0.3 is 25.0 Å². The number of rotatable bonds is 14. The Morgan fingerprint density at radius 2 is 1.52 bits per heavy atom. The van der Waals surface area contributed by atoms with E-state index in [1.165, 1.54) is 5.56 Å².